The molecule has 46 heavy (non-hydrogen) atoms. The highest BCUT2D eigenvalue weighted by Crippen LogP contribution is 2.39. The van der Waals surface area contributed by atoms with Crippen molar-refractivity contribution < 1.29 is 28.6 Å². The van der Waals surface area contributed by atoms with Crippen LogP contribution in [0.5, 0.6) is 11.5 Å². The van der Waals surface area contributed by atoms with E-state index in [0.29, 0.717) is 51.6 Å². The zero-order valence-electron chi connectivity index (χ0n) is 26.1. The smallest absolute Gasteiger partial charge is 0.341 e. The molecule has 0 atom stereocenters. The molecule has 11 nitrogen and oxygen atoms in total. The van der Waals surface area contributed by atoms with E-state index in [1.165, 1.54) is 37.3 Å². The molecule has 2 amide bonds. The van der Waals surface area contributed by atoms with Crippen LogP contribution in [0.25, 0.3) is 0 Å². The Morgan fingerprint density at radius 1 is 1.00 bits per heavy atom. The van der Waals surface area contributed by atoms with Crippen molar-refractivity contribution in [2.75, 3.05) is 31.9 Å². The Kier molecular flexibility index (Phi) is 11.3. The van der Waals surface area contributed by atoms with E-state index in [-0.39, 0.29) is 30.7 Å². The van der Waals surface area contributed by atoms with E-state index in [1.807, 2.05) is 34.9 Å². The standard InChI is InChI=1S/C33H37N5O6S2/c1-4-44-32(41)29-23-12-8-9-13-26(23)46-31(29)35-28(39)20-45-33-37-36-27(38(33)17-16-21-10-6-5-7-11-21)19-34-30(40)22-14-15-24(42-2)25(18-22)43-3/h5-7,10-11,14-15,18H,4,8-9,12-13,16-17,19-20H2,1-3H3,(H,34,40)(H,35,39). The molecule has 13 heteroatoms. The summed E-state index contributed by atoms with van der Waals surface area (Å²) in [6.45, 7) is 2.72. The lowest BCUT2D eigenvalue weighted by Gasteiger charge is -2.13. The highest BCUT2D eigenvalue weighted by Gasteiger charge is 2.27. The Labute approximate surface area is 276 Å². The summed E-state index contributed by atoms with van der Waals surface area (Å²) >= 11 is 2.71. The minimum atomic E-state index is -0.398. The molecule has 0 radical (unpaired) electrons. The van der Waals surface area contributed by atoms with Gasteiger partial charge in [-0.3, -0.25) is 9.59 Å². The van der Waals surface area contributed by atoms with Crippen molar-refractivity contribution in [1.29, 1.82) is 0 Å². The number of hydrogen-bond acceptors (Lipinski definition) is 10. The van der Waals surface area contributed by atoms with Gasteiger partial charge in [0.05, 0.1) is 38.7 Å². The number of amides is 2. The zero-order chi connectivity index (χ0) is 32.5. The van der Waals surface area contributed by atoms with Gasteiger partial charge in [-0.2, -0.15) is 0 Å². The Morgan fingerprint density at radius 2 is 1.78 bits per heavy atom. The summed E-state index contributed by atoms with van der Waals surface area (Å²) in [7, 11) is 3.05. The maximum Gasteiger partial charge on any atom is 0.341 e. The number of ether oxygens (including phenoxy) is 3. The predicted octanol–water partition coefficient (Wildman–Crippen LogP) is 5.32. The van der Waals surface area contributed by atoms with Crippen LogP contribution in [0.15, 0.2) is 53.7 Å². The number of esters is 1. The number of rotatable bonds is 14. The molecule has 0 aliphatic heterocycles. The Balaban J connectivity index is 1.29. The highest BCUT2D eigenvalue weighted by atomic mass is 32.2. The van der Waals surface area contributed by atoms with E-state index in [2.05, 4.69) is 20.8 Å². The summed E-state index contributed by atoms with van der Waals surface area (Å²) in [6, 6.07) is 15.0. The quantitative estimate of drug-likeness (QED) is 0.136. The summed E-state index contributed by atoms with van der Waals surface area (Å²) in [4.78, 5) is 40.2. The van der Waals surface area contributed by atoms with Gasteiger partial charge >= 0.3 is 5.97 Å². The lowest BCUT2D eigenvalue weighted by Crippen LogP contribution is -2.25. The van der Waals surface area contributed by atoms with Crippen LogP contribution in [0.3, 0.4) is 0 Å². The van der Waals surface area contributed by atoms with Gasteiger partial charge in [-0.1, -0.05) is 42.1 Å². The molecular weight excluding hydrogens is 627 g/mol. The van der Waals surface area contributed by atoms with Crippen molar-refractivity contribution >= 4 is 45.9 Å². The summed E-state index contributed by atoms with van der Waals surface area (Å²) in [5, 5.41) is 15.7. The molecule has 2 aromatic heterocycles. The van der Waals surface area contributed by atoms with Gasteiger partial charge in [-0.25, -0.2) is 4.79 Å². The van der Waals surface area contributed by atoms with E-state index in [4.69, 9.17) is 14.2 Å². The van der Waals surface area contributed by atoms with E-state index >= 15 is 0 Å². The number of nitrogens with zero attached hydrogens (tertiary/aromatic N) is 3. The second-order valence-corrected chi connectivity index (χ2v) is 12.6. The maximum absolute atomic E-state index is 13.2. The first kappa shape index (κ1) is 33.0. The van der Waals surface area contributed by atoms with Gasteiger partial charge in [-0.05, 0) is 68.4 Å². The molecule has 0 spiro atoms. The van der Waals surface area contributed by atoms with Crippen molar-refractivity contribution in [3.8, 4) is 11.5 Å². The average Bonchev–Trinajstić information content (AvgIpc) is 3.65. The second-order valence-electron chi connectivity index (χ2n) is 10.5. The fourth-order valence-electron chi connectivity index (χ4n) is 5.27. The first-order valence-electron chi connectivity index (χ1n) is 15.1. The topological polar surface area (TPSA) is 134 Å². The van der Waals surface area contributed by atoms with E-state index in [9.17, 15) is 14.4 Å². The molecule has 2 N–H and O–H groups in total. The van der Waals surface area contributed by atoms with Crippen LogP contribution < -0.4 is 20.1 Å². The molecule has 1 aliphatic carbocycles. The highest BCUT2D eigenvalue weighted by molar-refractivity contribution is 7.99. The van der Waals surface area contributed by atoms with Gasteiger partial charge in [-0.15, -0.1) is 21.5 Å². The molecule has 1 aliphatic rings. The van der Waals surface area contributed by atoms with Crippen LogP contribution in [-0.4, -0.2) is 59.1 Å². The molecule has 2 heterocycles. The number of aromatic nitrogens is 3. The number of aryl methyl sites for hydroxylation is 2. The Morgan fingerprint density at radius 3 is 2.54 bits per heavy atom. The van der Waals surface area contributed by atoms with Gasteiger partial charge in [0, 0.05) is 17.0 Å². The van der Waals surface area contributed by atoms with E-state index in [0.717, 1.165) is 41.7 Å². The second kappa shape index (κ2) is 15.8. The monoisotopic (exact) mass is 663 g/mol. The summed E-state index contributed by atoms with van der Waals surface area (Å²) in [5.74, 6) is 0.648. The third-order valence-electron chi connectivity index (χ3n) is 7.55. The van der Waals surface area contributed by atoms with Crippen molar-refractivity contribution in [1.82, 2.24) is 20.1 Å². The van der Waals surface area contributed by atoms with Crippen LogP contribution in [-0.2, 0) is 41.9 Å². The summed E-state index contributed by atoms with van der Waals surface area (Å²) in [5.41, 5.74) is 3.03. The third kappa shape index (κ3) is 7.88. The predicted molar refractivity (Wildman–Crippen MR) is 177 cm³/mol. The number of carbonyl (C=O) groups excluding carboxylic acids is 3. The van der Waals surface area contributed by atoms with Crippen LogP contribution in [0.1, 0.15) is 62.3 Å². The summed E-state index contributed by atoms with van der Waals surface area (Å²) < 4.78 is 17.8. The number of hydrogen-bond donors (Lipinski definition) is 2. The van der Waals surface area contributed by atoms with Gasteiger partial charge in [0.25, 0.3) is 5.91 Å². The van der Waals surface area contributed by atoms with Gasteiger partial charge < -0.3 is 29.4 Å². The molecule has 0 saturated heterocycles. The largest absolute Gasteiger partial charge is 0.493 e. The van der Waals surface area contributed by atoms with Crippen LogP contribution >= 0.6 is 23.1 Å². The molecule has 0 unspecified atom stereocenters. The fourth-order valence-corrected chi connectivity index (χ4v) is 7.35. The minimum Gasteiger partial charge on any atom is -0.493 e. The number of anilines is 1. The zero-order valence-corrected chi connectivity index (χ0v) is 27.7. The summed E-state index contributed by atoms with van der Waals surface area (Å²) in [6.07, 6.45) is 4.48. The van der Waals surface area contributed by atoms with Gasteiger partial charge in [0.1, 0.15) is 5.00 Å². The lowest BCUT2D eigenvalue weighted by molar-refractivity contribution is -0.113. The number of carbonyl (C=O) groups is 3. The molecule has 242 valence electrons. The van der Waals surface area contributed by atoms with Crippen LogP contribution in [0, 0.1) is 0 Å². The lowest BCUT2D eigenvalue weighted by atomic mass is 9.95. The number of thiophene rings is 1. The number of methoxy groups -OCH3 is 2. The van der Waals surface area contributed by atoms with Gasteiger partial charge in [0.15, 0.2) is 22.5 Å². The number of benzene rings is 2. The molecule has 4 aromatic rings. The maximum atomic E-state index is 13.2. The van der Waals surface area contributed by atoms with Crippen molar-refractivity contribution in [3.63, 3.8) is 0 Å². The van der Waals surface area contributed by atoms with Crippen LogP contribution in [0.4, 0.5) is 5.00 Å². The number of nitrogens with one attached hydrogen (secondary N) is 2. The molecule has 0 bridgehead atoms. The van der Waals surface area contributed by atoms with Crippen molar-refractivity contribution in [3.05, 3.63) is 81.5 Å². The molecule has 0 saturated carbocycles. The SMILES string of the molecule is CCOC(=O)c1c(NC(=O)CSc2nnc(CNC(=O)c3ccc(OC)c(OC)c3)n2CCc2ccccc2)sc2c1CCCC2. The third-order valence-corrected chi connectivity index (χ3v) is 9.72. The minimum absolute atomic E-state index is 0.0618. The number of thioether (sulfide) groups is 1. The van der Waals surface area contributed by atoms with Crippen molar-refractivity contribution in [2.45, 2.75) is 57.3 Å². The molecule has 2 aromatic carbocycles. The van der Waals surface area contributed by atoms with E-state index < -0.39 is 5.97 Å². The van der Waals surface area contributed by atoms with Gasteiger partial charge in [0.2, 0.25) is 5.91 Å². The fraction of sp³-hybridized carbons (Fsp3) is 0.364. The van der Waals surface area contributed by atoms with Crippen molar-refractivity contribution in [2.24, 2.45) is 0 Å². The van der Waals surface area contributed by atoms with E-state index in [1.54, 1.807) is 25.1 Å². The first-order valence-corrected chi connectivity index (χ1v) is 16.9. The Bertz CT molecular complexity index is 1690. The number of fused-ring (bicyclic) bond motifs is 1. The normalized spacial score (nSPS) is 12.2. The van der Waals surface area contributed by atoms with Crippen LogP contribution in [0.2, 0.25) is 0 Å². The molecular formula is C33H37N5O6S2. The first-order chi connectivity index (χ1) is 22.4. The Hall–Kier alpha value is -4.36. The molecule has 5 rings (SSSR count). The molecule has 0 fully saturated rings. The average molecular weight is 664 g/mol.